The number of Topliss-reactive ketones (excluding diaryl/α,β-unsaturated/α-hetero) is 1. The molecule has 3 unspecified atom stereocenters. The summed E-state index contributed by atoms with van der Waals surface area (Å²) in [4.78, 5) is 65.0. The van der Waals surface area contributed by atoms with E-state index in [1.54, 1.807) is 6.92 Å². The number of carboxylic acids is 1. The number of nitrogens with one attached hydrogen (secondary N) is 3. The third kappa shape index (κ3) is 18.6. The molecule has 0 aliphatic carbocycles. The average Bonchev–Trinajstić information content (AvgIpc) is 2.92. The van der Waals surface area contributed by atoms with Crippen molar-refractivity contribution in [2.24, 2.45) is 28.3 Å². The number of rotatable bonds is 19. The number of aliphatic imine (C=N–C) groups is 1. The van der Waals surface area contributed by atoms with E-state index in [9.17, 15) is 24.0 Å². The van der Waals surface area contributed by atoms with Crippen molar-refractivity contribution in [3.8, 4) is 0 Å². The van der Waals surface area contributed by atoms with Crippen molar-refractivity contribution < 1.29 is 33.9 Å². The molecule has 0 saturated heterocycles. The molecule has 228 valence electrons. The van der Waals surface area contributed by atoms with Gasteiger partial charge in [0.05, 0.1) is 37.6 Å². The molecule has 1 aromatic carbocycles. The summed E-state index contributed by atoms with van der Waals surface area (Å²) in [5.41, 5.74) is 12.2. The van der Waals surface area contributed by atoms with Crippen molar-refractivity contribution in [3.63, 3.8) is 0 Å². The van der Waals surface area contributed by atoms with Crippen LogP contribution in [0.15, 0.2) is 47.6 Å². The van der Waals surface area contributed by atoms with E-state index in [1.165, 1.54) is 12.5 Å². The Labute approximate surface area is 240 Å². The number of aryl methyl sites for hydroxylation is 1. The Morgan fingerprint density at radius 2 is 1.78 bits per heavy atom. The first-order valence-corrected chi connectivity index (χ1v) is 13.0. The van der Waals surface area contributed by atoms with E-state index in [0.29, 0.717) is 31.5 Å². The van der Waals surface area contributed by atoms with Gasteiger partial charge >= 0.3 is 5.97 Å². The highest BCUT2D eigenvalue weighted by Crippen LogP contribution is 2.08. The van der Waals surface area contributed by atoms with Crippen LogP contribution in [0.2, 0.25) is 0 Å². The number of nitrogens with two attached hydrogens (primary N) is 3. The van der Waals surface area contributed by atoms with Gasteiger partial charge in [-0.2, -0.15) is 0 Å². The molecule has 14 nitrogen and oxygen atoms in total. The summed E-state index contributed by atoms with van der Waals surface area (Å²) in [5.74, 6) is 1.81. The standard InChI is InChI=1S/C18H33N7O6.C9H10O/c1-10(9-31-21)17(30)25-13(5-4-6-22-18(19)20)11(2)23-8-15(27)24-14(12(3)26)7-16(28)29;10-8-4-7-9-5-2-1-3-6-9/h10,13-14,23H,2,4-9,21H2,1,3H3,(H,24,27)(H,25,30)(H,28,29)(H4,19,20,22);1-3,5-6,8H,4,7H2. The van der Waals surface area contributed by atoms with Gasteiger partial charge < -0.3 is 42.2 Å². The van der Waals surface area contributed by atoms with Gasteiger partial charge in [-0.3, -0.25) is 24.2 Å². The van der Waals surface area contributed by atoms with E-state index in [2.05, 4.69) is 32.4 Å². The highest BCUT2D eigenvalue weighted by atomic mass is 16.6. The van der Waals surface area contributed by atoms with E-state index < -0.39 is 42.1 Å². The van der Waals surface area contributed by atoms with Gasteiger partial charge in [0.1, 0.15) is 6.29 Å². The van der Waals surface area contributed by atoms with Gasteiger partial charge in [-0.15, -0.1) is 0 Å². The van der Waals surface area contributed by atoms with Crippen molar-refractivity contribution in [2.45, 2.75) is 58.0 Å². The lowest BCUT2D eigenvalue weighted by Gasteiger charge is -2.24. The molecule has 3 atom stereocenters. The van der Waals surface area contributed by atoms with Crippen molar-refractivity contribution in [2.75, 3.05) is 19.7 Å². The summed E-state index contributed by atoms with van der Waals surface area (Å²) in [5, 5.41) is 16.7. The minimum atomic E-state index is -1.21. The lowest BCUT2D eigenvalue weighted by Crippen LogP contribution is -2.47. The van der Waals surface area contributed by atoms with Crippen molar-refractivity contribution in [1.82, 2.24) is 16.0 Å². The molecule has 0 radical (unpaired) electrons. The molecular formula is C27H43N7O7. The second-order valence-corrected chi connectivity index (χ2v) is 9.14. The predicted molar refractivity (Wildman–Crippen MR) is 154 cm³/mol. The van der Waals surface area contributed by atoms with Crippen LogP contribution in [-0.2, 0) is 35.2 Å². The Morgan fingerprint density at radius 1 is 1.12 bits per heavy atom. The molecular weight excluding hydrogens is 534 g/mol. The summed E-state index contributed by atoms with van der Waals surface area (Å²) in [6, 6.07) is 8.32. The maximum Gasteiger partial charge on any atom is 0.305 e. The monoisotopic (exact) mass is 577 g/mol. The van der Waals surface area contributed by atoms with Crippen LogP contribution in [0.5, 0.6) is 0 Å². The first kappa shape index (κ1) is 36.7. The van der Waals surface area contributed by atoms with Gasteiger partial charge in [0.2, 0.25) is 11.8 Å². The van der Waals surface area contributed by atoms with Crippen molar-refractivity contribution in [1.29, 1.82) is 0 Å². The molecule has 0 heterocycles. The Morgan fingerprint density at radius 3 is 2.32 bits per heavy atom. The Bertz CT molecular complexity index is 1010. The SMILES string of the molecule is C=C(NCC(=O)NC(CC(=O)O)C(C)=O)C(CCCN=C(N)N)NC(=O)C(C)CON.O=CCCc1ccccc1. The average molecular weight is 578 g/mol. The van der Waals surface area contributed by atoms with Crippen LogP contribution in [0.1, 0.15) is 45.1 Å². The van der Waals surface area contributed by atoms with Crippen LogP contribution in [0.25, 0.3) is 0 Å². The van der Waals surface area contributed by atoms with Crippen molar-refractivity contribution in [3.05, 3.63) is 48.2 Å². The smallest absolute Gasteiger partial charge is 0.305 e. The van der Waals surface area contributed by atoms with Crippen LogP contribution in [-0.4, -0.2) is 72.7 Å². The zero-order valence-corrected chi connectivity index (χ0v) is 23.6. The summed E-state index contributed by atoms with van der Waals surface area (Å²) in [7, 11) is 0. The first-order valence-electron chi connectivity index (χ1n) is 13.0. The molecule has 0 saturated carbocycles. The molecule has 0 aliphatic heterocycles. The Hall–Kier alpha value is -4.30. The second kappa shape index (κ2) is 21.5. The number of benzene rings is 1. The number of carboxylic acid groups (broad SMARTS) is 1. The third-order valence-corrected chi connectivity index (χ3v) is 5.55. The summed E-state index contributed by atoms with van der Waals surface area (Å²) < 4.78 is 0. The van der Waals surface area contributed by atoms with Crippen molar-refractivity contribution >= 4 is 35.8 Å². The lowest BCUT2D eigenvalue weighted by atomic mass is 10.1. The second-order valence-electron chi connectivity index (χ2n) is 9.14. The number of carbonyl (C=O) groups is 5. The van der Waals surface area contributed by atoms with Gasteiger partial charge in [0, 0.05) is 18.7 Å². The maximum atomic E-state index is 12.3. The lowest BCUT2D eigenvalue weighted by molar-refractivity contribution is -0.139. The van der Waals surface area contributed by atoms with Crippen LogP contribution in [0, 0.1) is 5.92 Å². The number of hydrogen-bond acceptors (Lipinski definition) is 9. The molecule has 0 aliphatic rings. The van der Waals surface area contributed by atoms with Gasteiger partial charge in [0.25, 0.3) is 0 Å². The molecule has 2 amide bonds. The van der Waals surface area contributed by atoms with Crippen LogP contribution >= 0.6 is 0 Å². The maximum absolute atomic E-state index is 12.3. The molecule has 10 N–H and O–H groups in total. The van der Waals surface area contributed by atoms with E-state index in [0.717, 1.165) is 12.7 Å². The number of ketones is 1. The first-order chi connectivity index (χ1) is 19.4. The van der Waals surface area contributed by atoms with E-state index in [1.807, 2.05) is 30.3 Å². The third-order valence-electron chi connectivity index (χ3n) is 5.55. The fraction of sp³-hybridized carbons (Fsp3) is 0.481. The Kier molecular flexibility index (Phi) is 19.3. The van der Waals surface area contributed by atoms with E-state index in [4.69, 9.17) is 22.5 Å². The molecule has 14 heteroatoms. The van der Waals surface area contributed by atoms with E-state index in [-0.39, 0.29) is 25.0 Å². The molecule has 41 heavy (non-hydrogen) atoms. The number of amides is 2. The summed E-state index contributed by atoms with van der Waals surface area (Å²) >= 11 is 0. The molecule has 0 aromatic heterocycles. The fourth-order valence-corrected chi connectivity index (χ4v) is 3.27. The highest BCUT2D eigenvalue weighted by molar-refractivity contribution is 5.91. The molecule has 1 rings (SSSR count). The molecule has 0 fully saturated rings. The molecule has 1 aromatic rings. The quantitative estimate of drug-likeness (QED) is 0.0364. The number of aliphatic carboxylic acids is 1. The topological polar surface area (TPSA) is 241 Å². The highest BCUT2D eigenvalue weighted by Gasteiger charge is 2.22. The van der Waals surface area contributed by atoms with Gasteiger partial charge in [-0.05, 0) is 31.7 Å². The number of hydrogen-bond donors (Lipinski definition) is 7. The van der Waals surface area contributed by atoms with Crippen LogP contribution < -0.4 is 33.3 Å². The predicted octanol–water partition coefficient (Wildman–Crippen LogP) is -0.479. The van der Waals surface area contributed by atoms with Crippen LogP contribution in [0.4, 0.5) is 0 Å². The number of carbonyl (C=O) groups excluding carboxylic acids is 4. The fourth-order valence-electron chi connectivity index (χ4n) is 3.27. The molecule has 0 spiro atoms. The Balaban J connectivity index is 0.00000133. The summed E-state index contributed by atoms with van der Waals surface area (Å²) in [6.45, 7) is 6.75. The minimum absolute atomic E-state index is 0.0187. The zero-order chi connectivity index (χ0) is 31.2. The van der Waals surface area contributed by atoms with E-state index >= 15 is 0 Å². The van der Waals surface area contributed by atoms with Crippen LogP contribution in [0.3, 0.4) is 0 Å². The van der Waals surface area contributed by atoms with Gasteiger partial charge in [-0.25, -0.2) is 5.90 Å². The number of aldehydes is 1. The largest absolute Gasteiger partial charge is 0.481 e. The zero-order valence-electron chi connectivity index (χ0n) is 23.6. The minimum Gasteiger partial charge on any atom is -0.481 e. The normalized spacial score (nSPS) is 12.3. The molecule has 0 bridgehead atoms. The summed E-state index contributed by atoms with van der Waals surface area (Å²) in [6.07, 6.45) is 2.86. The number of guanidine groups is 1. The van der Waals surface area contributed by atoms with Gasteiger partial charge in [-0.1, -0.05) is 43.8 Å². The van der Waals surface area contributed by atoms with Gasteiger partial charge in [0.15, 0.2) is 11.7 Å². The number of nitrogens with zero attached hydrogens (tertiary/aromatic N) is 1.